The lowest BCUT2D eigenvalue weighted by atomic mass is 10.1. The summed E-state index contributed by atoms with van der Waals surface area (Å²) in [5.41, 5.74) is 1.57. The summed E-state index contributed by atoms with van der Waals surface area (Å²) < 4.78 is 30.0. The van der Waals surface area contributed by atoms with Gasteiger partial charge in [-0.2, -0.15) is 4.98 Å². The number of carbonyl (C=O) groups excluding carboxylic acids is 1. The minimum absolute atomic E-state index is 0.0553. The minimum Gasteiger partial charge on any atom is -0.481 e. The molecule has 0 saturated carbocycles. The van der Waals surface area contributed by atoms with Crippen LogP contribution < -0.4 is 19.1 Å². The molecule has 7 nitrogen and oxygen atoms in total. The normalized spacial score (nSPS) is 11.1. The molecule has 0 fully saturated rings. The van der Waals surface area contributed by atoms with Gasteiger partial charge in [-0.3, -0.25) is 0 Å². The predicted molar refractivity (Wildman–Crippen MR) is 102 cm³/mol. The fourth-order valence-electron chi connectivity index (χ4n) is 2.91. The second-order valence-electron chi connectivity index (χ2n) is 6.62. The van der Waals surface area contributed by atoms with Crippen LogP contribution >= 0.6 is 0 Å². The van der Waals surface area contributed by atoms with Crippen molar-refractivity contribution in [3.8, 4) is 17.5 Å². The number of nitrogens with zero attached hydrogens (tertiary/aromatic N) is 1. The van der Waals surface area contributed by atoms with Gasteiger partial charge in [0.15, 0.2) is 5.82 Å². The second-order valence-corrected chi connectivity index (χ2v) is 6.62. The van der Waals surface area contributed by atoms with Gasteiger partial charge in [-0.25, -0.2) is 9.18 Å². The lowest BCUT2D eigenvalue weighted by Crippen LogP contribution is -3.05. The zero-order chi connectivity index (χ0) is 20.3. The van der Waals surface area contributed by atoms with E-state index in [9.17, 15) is 9.18 Å². The van der Waals surface area contributed by atoms with Gasteiger partial charge in [0, 0.05) is 29.6 Å². The van der Waals surface area contributed by atoms with Crippen molar-refractivity contribution in [2.75, 3.05) is 34.9 Å². The molecular weight excluding hydrogens is 365 g/mol. The molecule has 0 spiro atoms. The molecule has 2 aromatic heterocycles. The average molecular weight is 388 g/mol. The standard InChI is InChI=1S/C20H22FN3O4/c1-24(2)9-8-12-11-22-14-6-5-7-15(17(12)14)28-20(25)13-10-16(26-3)23-19(27-4)18(13)21/h5-7,10-11,22H,8-9H2,1-4H3/p+1. The van der Waals surface area contributed by atoms with Crippen molar-refractivity contribution in [1.29, 1.82) is 0 Å². The number of quaternary nitrogens is 1. The molecule has 0 unspecified atom stereocenters. The van der Waals surface area contributed by atoms with E-state index in [2.05, 4.69) is 24.1 Å². The first-order valence-electron chi connectivity index (χ1n) is 8.83. The van der Waals surface area contributed by atoms with E-state index in [1.54, 1.807) is 12.1 Å². The summed E-state index contributed by atoms with van der Waals surface area (Å²) in [4.78, 5) is 21.0. The Labute approximate surface area is 162 Å². The van der Waals surface area contributed by atoms with Gasteiger partial charge in [0.1, 0.15) is 11.3 Å². The van der Waals surface area contributed by atoms with E-state index in [1.165, 1.54) is 25.2 Å². The third-order valence-electron chi connectivity index (χ3n) is 4.37. The molecule has 148 valence electrons. The molecule has 2 heterocycles. The lowest BCUT2D eigenvalue weighted by molar-refractivity contribution is -0.858. The van der Waals surface area contributed by atoms with Crippen molar-refractivity contribution < 1.29 is 28.3 Å². The molecule has 3 aromatic rings. The maximum atomic E-state index is 14.5. The van der Waals surface area contributed by atoms with Crippen molar-refractivity contribution in [3.05, 3.63) is 47.4 Å². The van der Waals surface area contributed by atoms with Crippen molar-refractivity contribution in [3.63, 3.8) is 0 Å². The van der Waals surface area contributed by atoms with Crippen molar-refractivity contribution in [1.82, 2.24) is 9.97 Å². The molecule has 0 aliphatic carbocycles. The molecule has 0 aliphatic heterocycles. The number of rotatable bonds is 7. The molecule has 8 heteroatoms. The Morgan fingerprint density at radius 1 is 1.25 bits per heavy atom. The van der Waals surface area contributed by atoms with Crippen LogP contribution in [0.1, 0.15) is 15.9 Å². The highest BCUT2D eigenvalue weighted by Crippen LogP contribution is 2.31. The van der Waals surface area contributed by atoms with Crippen LogP contribution in [0, 0.1) is 5.82 Å². The van der Waals surface area contributed by atoms with Crippen LogP contribution in [0.2, 0.25) is 0 Å². The number of pyridine rings is 1. The van der Waals surface area contributed by atoms with E-state index in [4.69, 9.17) is 14.2 Å². The summed E-state index contributed by atoms with van der Waals surface area (Å²) in [6.07, 6.45) is 2.71. The molecular formula is C20H23FN3O4+. The van der Waals surface area contributed by atoms with Crippen LogP contribution in [0.4, 0.5) is 4.39 Å². The number of esters is 1. The van der Waals surface area contributed by atoms with Gasteiger partial charge in [-0.15, -0.1) is 0 Å². The van der Waals surface area contributed by atoms with E-state index in [-0.39, 0.29) is 17.3 Å². The maximum Gasteiger partial charge on any atom is 0.346 e. The van der Waals surface area contributed by atoms with E-state index < -0.39 is 11.8 Å². The third-order valence-corrected chi connectivity index (χ3v) is 4.37. The highest BCUT2D eigenvalue weighted by Gasteiger charge is 2.23. The Morgan fingerprint density at radius 3 is 2.71 bits per heavy atom. The van der Waals surface area contributed by atoms with Gasteiger partial charge in [-0.05, 0) is 17.7 Å². The number of aromatic nitrogens is 2. The van der Waals surface area contributed by atoms with Gasteiger partial charge in [0.05, 0.1) is 34.9 Å². The molecule has 1 aromatic carbocycles. The van der Waals surface area contributed by atoms with Gasteiger partial charge < -0.3 is 24.1 Å². The summed E-state index contributed by atoms with van der Waals surface area (Å²) in [6.45, 7) is 0.919. The fraction of sp³-hybridized carbons (Fsp3) is 0.300. The number of halogens is 1. The number of aromatic amines is 1. The molecule has 28 heavy (non-hydrogen) atoms. The van der Waals surface area contributed by atoms with Crippen LogP contribution in [0.15, 0.2) is 30.5 Å². The van der Waals surface area contributed by atoms with Crippen LogP contribution in [-0.2, 0) is 6.42 Å². The monoisotopic (exact) mass is 388 g/mol. The zero-order valence-corrected chi connectivity index (χ0v) is 16.3. The molecule has 0 saturated heterocycles. The predicted octanol–water partition coefficient (Wildman–Crippen LogP) is 1.63. The number of hydrogen-bond donors (Lipinski definition) is 2. The molecule has 0 radical (unpaired) electrons. The van der Waals surface area contributed by atoms with Crippen molar-refractivity contribution >= 4 is 16.9 Å². The van der Waals surface area contributed by atoms with Crippen molar-refractivity contribution in [2.24, 2.45) is 0 Å². The Bertz CT molecular complexity index is 1000. The molecule has 0 aliphatic rings. The maximum absolute atomic E-state index is 14.5. The number of fused-ring (bicyclic) bond motifs is 1. The van der Waals surface area contributed by atoms with Crippen LogP contribution in [0.25, 0.3) is 10.9 Å². The molecule has 3 rings (SSSR count). The summed E-state index contributed by atoms with van der Waals surface area (Å²) >= 11 is 0. The average Bonchev–Trinajstić information content (AvgIpc) is 3.10. The Morgan fingerprint density at radius 2 is 2.04 bits per heavy atom. The summed E-state index contributed by atoms with van der Waals surface area (Å²) in [5.74, 6) is -1.66. The highest BCUT2D eigenvalue weighted by molar-refractivity contribution is 5.96. The van der Waals surface area contributed by atoms with E-state index >= 15 is 0 Å². The summed E-state index contributed by atoms with van der Waals surface area (Å²) in [5, 5.41) is 0.811. The van der Waals surface area contributed by atoms with Crippen LogP contribution in [0.3, 0.4) is 0 Å². The number of likely N-dealkylation sites (N-methyl/N-ethyl adjacent to an activating group) is 1. The minimum atomic E-state index is -0.897. The number of hydrogen-bond acceptors (Lipinski definition) is 5. The third kappa shape index (κ3) is 3.91. The van der Waals surface area contributed by atoms with Crippen LogP contribution in [-0.4, -0.2) is 50.8 Å². The molecule has 0 bridgehead atoms. The van der Waals surface area contributed by atoms with Crippen molar-refractivity contribution in [2.45, 2.75) is 6.42 Å². The van der Waals surface area contributed by atoms with E-state index in [0.29, 0.717) is 5.75 Å². The quantitative estimate of drug-likeness (QED) is 0.475. The Hall–Kier alpha value is -3.13. The number of ether oxygens (including phenoxy) is 3. The first kappa shape index (κ1) is 19.6. The van der Waals surface area contributed by atoms with Gasteiger partial charge >= 0.3 is 5.97 Å². The number of H-pyrrole nitrogens is 1. The number of carbonyl (C=O) groups is 1. The number of nitrogens with one attached hydrogen (secondary N) is 2. The lowest BCUT2D eigenvalue weighted by Gasteiger charge is -2.11. The first-order valence-corrected chi connectivity index (χ1v) is 8.83. The van der Waals surface area contributed by atoms with Gasteiger partial charge in [0.2, 0.25) is 5.88 Å². The Kier molecular flexibility index (Phi) is 5.79. The Balaban J connectivity index is 1.97. The van der Waals surface area contributed by atoms with Gasteiger partial charge in [-0.1, -0.05) is 6.07 Å². The number of methoxy groups -OCH3 is 2. The topological polar surface area (TPSA) is 77.9 Å². The van der Waals surface area contributed by atoms with E-state index in [0.717, 1.165) is 29.4 Å². The summed E-state index contributed by atoms with van der Waals surface area (Å²) in [6, 6.07) is 6.55. The first-order chi connectivity index (χ1) is 13.4. The van der Waals surface area contributed by atoms with E-state index in [1.807, 2.05) is 12.3 Å². The smallest absolute Gasteiger partial charge is 0.346 e. The largest absolute Gasteiger partial charge is 0.481 e. The number of benzene rings is 1. The molecule has 0 amide bonds. The fourth-order valence-corrected chi connectivity index (χ4v) is 2.91. The second kappa shape index (κ2) is 8.26. The zero-order valence-electron chi connectivity index (χ0n) is 16.3. The summed E-state index contributed by atoms with van der Waals surface area (Å²) in [7, 11) is 6.78. The molecule has 0 atom stereocenters. The highest BCUT2D eigenvalue weighted by atomic mass is 19.1. The SMILES string of the molecule is COc1cc(C(=O)Oc2cccc3[nH]cc(CC[NH+](C)C)c23)c(F)c(OC)n1. The van der Waals surface area contributed by atoms with Crippen LogP contribution in [0.5, 0.6) is 17.5 Å². The van der Waals surface area contributed by atoms with Gasteiger partial charge in [0.25, 0.3) is 5.88 Å². The molecule has 2 N–H and O–H groups in total.